The highest BCUT2D eigenvalue weighted by Gasteiger charge is 2.21. The smallest absolute Gasteiger partial charge is 0.256 e. The van der Waals surface area contributed by atoms with E-state index in [4.69, 9.17) is 0 Å². The van der Waals surface area contributed by atoms with Crippen molar-refractivity contribution in [1.82, 2.24) is 4.90 Å². The predicted octanol–water partition coefficient (Wildman–Crippen LogP) is 2.10. The van der Waals surface area contributed by atoms with Gasteiger partial charge < -0.3 is 10.2 Å². The monoisotopic (exact) mass is 222 g/mol. The number of carbonyl (C=O) groups excluding carboxylic acids is 1. The number of nitrogens with one attached hydrogen (secondary N) is 1. The van der Waals surface area contributed by atoms with Crippen molar-refractivity contribution in [3.63, 3.8) is 0 Å². The average Bonchev–Trinajstić information content (AvgIpc) is 2.81. The van der Waals surface area contributed by atoms with Crippen molar-refractivity contribution in [2.75, 3.05) is 25.5 Å². The minimum atomic E-state index is -0.374. The molecule has 0 unspecified atom stereocenters. The first kappa shape index (κ1) is 10.9. The Balaban J connectivity index is 2.30. The predicted molar refractivity (Wildman–Crippen MR) is 61.1 cm³/mol. The molecule has 2 rings (SSSR count). The molecule has 0 radical (unpaired) electrons. The van der Waals surface area contributed by atoms with Crippen LogP contribution >= 0.6 is 0 Å². The van der Waals surface area contributed by atoms with Gasteiger partial charge in [-0.1, -0.05) is 0 Å². The molecule has 1 amide bonds. The average molecular weight is 222 g/mol. The molecule has 1 aliphatic rings. The van der Waals surface area contributed by atoms with Crippen LogP contribution in [0.15, 0.2) is 18.2 Å². The van der Waals surface area contributed by atoms with Gasteiger partial charge in [-0.2, -0.15) is 0 Å². The Labute approximate surface area is 94.3 Å². The van der Waals surface area contributed by atoms with E-state index in [1.807, 2.05) is 0 Å². The number of carbonyl (C=O) groups is 1. The topological polar surface area (TPSA) is 32.3 Å². The molecule has 1 aliphatic heterocycles. The van der Waals surface area contributed by atoms with E-state index in [9.17, 15) is 9.18 Å². The Morgan fingerprint density at radius 2 is 2.06 bits per heavy atom. The highest BCUT2D eigenvalue weighted by molar-refractivity contribution is 5.99. The highest BCUT2D eigenvalue weighted by atomic mass is 19.1. The molecular weight excluding hydrogens is 207 g/mol. The largest absolute Gasteiger partial charge is 0.387 e. The molecule has 0 atom stereocenters. The van der Waals surface area contributed by atoms with E-state index < -0.39 is 0 Å². The molecule has 1 aromatic carbocycles. The first-order valence-corrected chi connectivity index (χ1v) is 5.49. The lowest BCUT2D eigenvalue weighted by Crippen LogP contribution is -2.28. The van der Waals surface area contributed by atoms with Gasteiger partial charge in [0.2, 0.25) is 0 Å². The zero-order valence-corrected chi connectivity index (χ0v) is 9.29. The van der Waals surface area contributed by atoms with Crippen LogP contribution in [0, 0.1) is 5.82 Å². The summed E-state index contributed by atoms with van der Waals surface area (Å²) in [6.07, 6.45) is 2.08. The lowest BCUT2D eigenvalue weighted by molar-refractivity contribution is 0.0793. The van der Waals surface area contributed by atoms with Crippen molar-refractivity contribution in [1.29, 1.82) is 0 Å². The van der Waals surface area contributed by atoms with Crippen molar-refractivity contribution in [3.05, 3.63) is 29.6 Å². The number of benzene rings is 1. The van der Waals surface area contributed by atoms with Gasteiger partial charge in [0, 0.05) is 25.8 Å². The summed E-state index contributed by atoms with van der Waals surface area (Å²) in [4.78, 5) is 13.9. The number of amides is 1. The molecule has 1 fully saturated rings. The number of hydrogen-bond acceptors (Lipinski definition) is 2. The SMILES string of the molecule is CNc1ccc(F)cc1C(=O)N1CCCC1. The summed E-state index contributed by atoms with van der Waals surface area (Å²) in [5.74, 6) is -0.456. The maximum Gasteiger partial charge on any atom is 0.256 e. The van der Waals surface area contributed by atoms with Gasteiger partial charge in [-0.25, -0.2) is 4.39 Å². The van der Waals surface area contributed by atoms with Gasteiger partial charge in [-0.3, -0.25) is 4.79 Å². The Hall–Kier alpha value is -1.58. The normalized spacial score (nSPS) is 15.2. The van der Waals surface area contributed by atoms with Crippen LogP contribution in [0.2, 0.25) is 0 Å². The number of hydrogen-bond donors (Lipinski definition) is 1. The molecule has 1 N–H and O–H groups in total. The molecule has 4 heteroatoms. The van der Waals surface area contributed by atoms with E-state index >= 15 is 0 Å². The van der Waals surface area contributed by atoms with Crippen molar-refractivity contribution in [3.8, 4) is 0 Å². The summed E-state index contributed by atoms with van der Waals surface area (Å²) in [6.45, 7) is 1.55. The number of halogens is 1. The molecule has 1 heterocycles. The molecule has 1 saturated heterocycles. The Morgan fingerprint density at radius 3 is 2.69 bits per heavy atom. The standard InChI is InChI=1S/C12H15FN2O/c1-14-11-5-4-9(13)8-10(11)12(16)15-6-2-3-7-15/h4-5,8,14H,2-3,6-7H2,1H3. The third-order valence-electron chi connectivity index (χ3n) is 2.87. The number of rotatable bonds is 2. The molecule has 16 heavy (non-hydrogen) atoms. The fraction of sp³-hybridized carbons (Fsp3) is 0.417. The van der Waals surface area contributed by atoms with E-state index in [0.29, 0.717) is 11.3 Å². The van der Waals surface area contributed by atoms with E-state index in [1.54, 1.807) is 18.0 Å². The van der Waals surface area contributed by atoms with Gasteiger partial charge in [0.1, 0.15) is 5.82 Å². The van der Waals surface area contributed by atoms with Crippen molar-refractivity contribution < 1.29 is 9.18 Å². The summed E-state index contributed by atoms with van der Waals surface area (Å²) in [5, 5.41) is 2.91. The summed E-state index contributed by atoms with van der Waals surface area (Å²) < 4.78 is 13.1. The minimum absolute atomic E-state index is 0.0821. The maximum absolute atomic E-state index is 13.1. The molecule has 0 aromatic heterocycles. The molecule has 0 bridgehead atoms. The van der Waals surface area contributed by atoms with Crippen LogP contribution in [-0.2, 0) is 0 Å². The Morgan fingerprint density at radius 1 is 1.38 bits per heavy atom. The van der Waals surface area contributed by atoms with Crippen LogP contribution in [0.3, 0.4) is 0 Å². The Bertz CT molecular complexity index is 400. The first-order chi connectivity index (χ1) is 7.72. The number of likely N-dealkylation sites (tertiary alicyclic amines) is 1. The lowest BCUT2D eigenvalue weighted by atomic mass is 10.1. The fourth-order valence-corrected chi connectivity index (χ4v) is 2.00. The van der Waals surface area contributed by atoms with Gasteiger partial charge in [0.25, 0.3) is 5.91 Å². The zero-order chi connectivity index (χ0) is 11.5. The quantitative estimate of drug-likeness (QED) is 0.831. The van der Waals surface area contributed by atoms with Gasteiger partial charge in [-0.15, -0.1) is 0 Å². The van der Waals surface area contributed by atoms with Crippen molar-refractivity contribution >= 4 is 11.6 Å². The van der Waals surface area contributed by atoms with Crippen LogP contribution < -0.4 is 5.32 Å². The van der Waals surface area contributed by atoms with Crippen LogP contribution in [-0.4, -0.2) is 30.9 Å². The molecule has 86 valence electrons. The molecule has 1 aromatic rings. The zero-order valence-electron chi connectivity index (χ0n) is 9.29. The Kier molecular flexibility index (Phi) is 3.08. The van der Waals surface area contributed by atoms with E-state index in [-0.39, 0.29) is 11.7 Å². The second kappa shape index (κ2) is 4.51. The minimum Gasteiger partial charge on any atom is -0.387 e. The van der Waals surface area contributed by atoms with Gasteiger partial charge in [0.15, 0.2) is 0 Å². The van der Waals surface area contributed by atoms with Gasteiger partial charge >= 0.3 is 0 Å². The summed E-state index contributed by atoms with van der Waals surface area (Å²) in [5.41, 5.74) is 1.10. The highest BCUT2D eigenvalue weighted by Crippen LogP contribution is 2.20. The summed E-state index contributed by atoms with van der Waals surface area (Å²) >= 11 is 0. The number of nitrogens with zero attached hydrogens (tertiary/aromatic N) is 1. The second-order valence-electron chi connectivity index (χ2n) is 3.94. The molecule has 3 nitrogen and oxygen atoms in total. The molecular formula is C12H15FN2O. The third-order valence-corrected chi connectivity index (χ3v) is 2.87. The van der Waals surface area contributed by atoms with Crippen LogP contribution in [0.25, 0.3) is 0 Å². The first-order valence-electron chi connectivity index (χ1n) is 5.49. The van der Waals surface area contributed by atoms with Crippen LogP contribution in [0.5, 0.6) is 0 Å². The second-order valence-corrected chi connectivity index (χ2v) is 3.94. The fourth-order valence-electron chi connectivity index (χ4n) is 2.00. The lowest BCUT2D eigenvalue weighted by Gasteiger charge is -2.17. The molecule has 0 saturated carbocycles. The van der Waals surface area contributed by atoms with E-state index in [1.165, 1.54) is 12.1 Å². The maximum atomic E-state index is 13.1. The molecule has 0 spiro atoms. The van der Waals surface area contributed by atoms with Crippen molar-refractivity contribution in [2.24, 2.45) is 0 Å². The van der Waals surface area contributed by atoms with Gasteiger partial charge in [-0.05, 0) is 31.0 Å². The molecule has 0 aliphatic carbocycles. The summed E-state index contributed by atoms with van der Waals surface area (Å²) in [7, 11) is 1.73. The summed E-state index contributed by atoms with van der Waals surface area (Å²) in [6, 6.07) is 4.25. The van der Waals surface area contributed by atoms with E-state index in [2.05, 4.69) is 5.32 Å². The van der Waals surface area contributed by atoms with Crippen LogP contribution in [0.4, 0.5) is 10.1 Å². The third kappa shape index (κ3) is 2.01. The van der Waals surface area contributed by atoms with E-state index in [0.717, 1.165) is 25.9 Å². The van der Waals surface area contributed by atoms with Gasteiger partial charge in [0.05, 0.1) is 5.56 Å². The van der Waals surface area contributed by atoms with Crippen molar-refractivity contribution in [2.45, 2.75) is 12.8 Å². The van der Waals surface area contributed by atoms with Crippen LogP contribution in [0.1, 0.15) is 23.2 Å². The number of anilines is 1.